The summed E-state index contributed by atoms with van der Waals surface area (Å²) in [6.07, 6.45) is 1.33. The highest BCUT2D eigenvalue weighted by atomic mass is 16.2. The number of rotatable bonds is 5. The molecule has 1 heterocycles. The highest BCUT2D eigenvalue weighted by molar-refractivity contribution is 5.87. The number of carbonyl (C=O) groups is 2. The molecule has 2 amide bonds. The predicted molar refractivity (Wildman–Crippen MR) is 94.7 cm³/mol. The summed E-state index contributed by atoms with van der Waals surface area (Å²) in [5.41, 5.74) is -0.756. The van der Waals surface area contributed by atoms with Gasteiger partial charge in [-0.15, -0.1) is 0 Å². The third-order valence-corrected chi connectivity index (χ3v) is 5.73. The van der Waals surface area contributed by atoms with Crippen molar-refractivity contribution in [1.29, 1.82) is 0 Å². The van der Waals surface area contributed by atoms with Gasteiger partial charge in [0.15, 0.2) is 0 Å². The molecule has 25 heavy (non-hydrogen) atoms. The van der Waals surface area contributed by atoms with Gasteiger partial charge in [-0.1, -0.05) is 20.8 Å². The van der Waals surface area contributed by atoms with Crippen molar-refractivity contribution in [2.45, 2.75) is 54.0 Å². The van der Waals surface area contributed by atoms with E-state index in [9.17, 15) is 14.4 Å². The topological polar surface area (TPSA) is 104 Å². The first-order valence-electron chi connectivity index (χ1n) is 8.74. The molecule has 0 radical (unpaired) electrons. The van der Waals surface area contributed by atoms with E-state index in [1.54, 1.807) is 6.92 Å². The predicted octanol–water partition coefficient (Wildman–Crippen LogP) is 1.27. The third kappa shape index (κ3) is 3.60. The van der Waals surface area contributed by atoms with Gasteiger partial charge < -0.3 is 15.6 Å². The largest absolute Gasteiger partial charge is 0.356 e. The molecule has 7 heteroatoms. The lowest BCUT2D eigenvalue weighted by molar-refractivity contribution is -0.139. The maximum Gasteiger partial charge on any atom is 0.251 e. The van der Waals surface area contributed by atoms with E-state index in [1.807, 2.05) is 27.7 Å². The second-order valence-corrected chi connectivity index (χ2v) is 7.56. The van der Waals surface area contributed by atoms with Crippen LogP contribution >= 0.6 is 0 Å². The van der Waals surface area contributed by atoms with Gasteiger partial charge in [-0.3, -0.25) is 14.4 Å². The summed E-state index contributed by atoms with van der Waals surface area (Å²) in [5.74, 6) is 0.125. The fraction of sp³-hybridized carbons (Fsp3) is 0.667. The number of aryl methyl sites for hydroxylation is 1. The summed E-state index contributed by atoms with van der Waals surface area (Å²) in [6.45, 7) is 10.2. The van der Waals surface area contributed by atoms with Crippen molar-refractivity contribution in [2.24, 2.45) is 16.7 Å². The molecule has 2 atom stereocenters. The van der Waals surface area contributed by atoms with Gasteiger partial charge in [-0.25, -0.2) is 4.98 Å². The molecule has 1 aromatic heterocycles. The van der Waals surface area contributed by atoms with Gasteiger partial charge in [0.2, 0.25) is 11.8 Å². The first-order valence-corrected chi connectivity index (χ1v) is 8.74. The quantitative estimate of drug-likeness (QED) is 0.745. The molecule has 1 aromatic rings. The Morgan fingerprint density at radius 3 is 2.60 bits per heavy atom. The lowest BCUT2D eigenvalue weighted by atomic mass is 9.65. The molecule has 0 unspecified atom stereocenters. The van der Waals surface area contributed by atoms with Gasteiger partial charge in [-0.05, 0) is 32.1 Å². The molecule has 1 aliphatic rings. The number of carbonyl (C=O) groups excluding carboxylic acids is 2. The number of nitrogens with one attached hydrogen (secondary N) is 3. The van der Waals surface area contributed by atoms with Crippen LogP contribution in [-0.4, -0.2) is 28.3 Å². The Morgan fingerprint density at radius 1 is 1.32 bits per heavy atom. The average Bonchev–Trinajstić information content (AvgIpc) is 2.75. The first-order chi connectivity index (χ1) is 11.6. The number of hydrogen-bond donors (Lipinski definition) is 3. The third-order valence-electron chi connectivity index (χ3n) is 5.73. The zero-order chi connectivity index (χ0) is 18.8. The monoisotopic (exact) mass is 348 g/mol. The molecular weight excluding hydrogens is 320 g/mol. The van der Waals surface area contributed by atoms with E-state index in [4.69, 9.17) is 0 Å². The van der Waals surface area contributed by atoms with Gasteiger partial charge in [0.05, 0.1) is 12.0 Å². The fourth-order valence-electron chi connectivity index (χ4n) is 3.75. The molecule has 0 aromatic carbocycles. The Bertz CT molecular complexity index is 725. The maximum atomic E-state index is 12.9. The lowest BCUT2D eigenvalue weighted by Crippen LogP contribution is -2.49. The van der Waals surface area contributed by atoms with Crippen molar-refractivity contribution in [2.75, 3.05) is 6.54 Å². The molecule has 1 fully saturated rings. The van der Waals surface area contributed by atoms with E-state index >= 15 is 0 Å². The van der Waals surface area contributed by atoms with Crippen LogP contribution in [0, 0.1) is 23.7 Å². The number of aromatic amines is 1. The maximum absolute atomic E-state index is 12.9. The van der Waals surface area contributed by atoms with Crippen LogP contribution < -0.4 is 16.2 Å². The van der Waals surface area contributed by atoms with Gasteiger partial charge in [0.25, 0.3) is 5.56 Å². The lowest BCUT2D eigenvalue weighted by Gasteiger charge is -2.39. The molecule has 0 saturated heterocycles. The molecule has 2 rings (SSSR count). The fourth-order valence-corrected chi connectivity index (χ4v) is 3.75. The summed E-state index contributed by atoms with van der Waals surface area (Å²) in [6, 6.07) is 1.41. The Labute approximate surface area is 148 Å². The number of amides is 2. The Morgan fingerprint density at radius 2 is 2.00 bits per heavy atom. The summed E-state index contributed by atoms with van der Waals surface area (Å²) >= 11 is 0. The molecule has 138 valence electrons. The van der Waals surface area contributed by atoms with Crippen molar-refractivity contribution < 1.29 is 9.59 Å². The van der Waals surface area contributed by atoms with Crippen LogP contribution in [-0.2, 0) is 16.1 Å². The van der Waals surface area contributed by atoms with Crippen LogP contribution in [0.2, 0.25) is 0 Å². The van der Waals surface area contributed by atoms with Crippen molar-refractivity contribution >= 4 is 11.8 Å². The number of hydrogen-bond acceptors (Lipinski definition) is 4. The molecule has 1 aliphatic carbocycles. The summed E-state index contributed by atoms with van der Waals surface area (Å²) in [5, 5.41) is 5.75. The van der Waals surface area contributed by atoms with E-state index in [-0.39, 0.29) is 29.8 Å². The Hall–Kier alpha value is -2.18. The van der Waals surface area contributed by atoms with E-state index in [0.717, 1.165) is 0 Å². The zero-order valence-electron chi connectivity index (χ0n) is 15.7. The van der Waals surface area contributed by atoms with Crippen molar-refractivity contribution in [3.63, 3.8) is 0 Å². The second-order valence-electron chi connectivity index (χ2n) is 7.56. The van der Waals surface area contributed by atoms with Crippen LogP contribution in [0.3, 0.4) is 0 Å². The van der Waals surface area contributed by atoms with Crippen molar-refractivity contribution in [3.05, 3.63) is 27.9 Å². The smallest absolute Gasteiger partial charge is 0.251 e. The van der Waals surface area contributed by atoms with Gasteiger partial charge >= 0.3 is 0 Å². The second kappa shape index (κ2) is 6.98. The summed E-state index contributed by atoms with van der Waals surface area (Å²) in [7, 11) is 0. The SMILES string of the molecule is CCNC(=O)[C@H]1CC[C@@](C)(C(=O)NCc2nc(C)cc(=O)[nH]2)C1(C)C. The zero-order valence-corrected chi connectivity index (χ0v) is 15.7. The standard InChI is InChI=1S/C18H28N4O3/c1-6-19-15(24)12-7-8-18(5,17(12,3)4)16(25)20-10-13-21-11(2)9-14(23)22-13/h9,12H,6-8,10H2,1-5H3,(H,19,24)(H,20,25)(H,21,22,23)/t12-,18+/m1/s1. The van der Waals surface area contributed by atoms with E-state index in [1.165, 1.54) is 6.07 Å². The molecule has 0 aliphatic heterocycles. The van der Waals surface area contributed by atoms with Gasteiger partial charge in [-0.2, -0.15) is 0 Å². The Kier molecular flexibility index (Phi) is 5.34. The number of nitrogens with zero attached hydrogens (tertiary/aromatic N) is 1. The van der Waals surface area contributed by atoms with Crippen LogP contribution in [0.15, 0.2) is 10.9 Å². The molecule has 1 saturated carbocycles. The number of aromatic nitrogens is 2. The van der Waals surface area contributed by atoms with Crippen molar-refractivity contribution in [3.8, 4) is 0 Å². The van der Waals surface area contributed by atoms with E-state index in [2.05, 4.69) is 20.6 Å². The normalized spacial score (nSPS) is 24.8. The van der Waals surface area contributed by atoms with Crippen LogP contribution in [0.4, 0.5) is 0 Å². The molecule has 0 spiro atoms. The van der Waals surface area contributed by atoms with Gasteiger partial charge in [0, 0.05) is 24.2 Å². The Balaban J connectivity index is 2.12. The van der Waals surface area contributed by atoms with Crippen LogP contribution in [0.25, 0.3) is 0 Å². The van der Waals surface area contributed by atoms with E-state index in [0.29, 0.717) is 30.9 Å². The minimum atomic E-state index is -0.660. The molecule has 3 N–H and O–H groups in total. The minimum Gasteiger partial charge on any atom is -0.356 e. The minimum absolute atomic E-state index is 0.00806. The molecular formula is C18H28N4O3. The number of H-pyrrole nitrogens is 1. The van der Waals surface area contributed by atoms with Crippen LogP contribution in [0.5, 0.6) is 0 Å². The summed E-state index contributed by atoms with van der Waals surface area (Å²) in [4.78, 5) is 43.6. The van der Waals surface area contributed by atoms with Crippen molar-refractivity contribution in [1.82, 2.24) is 20.6 Å². The van der Waals surface area contributed by atoms with Crippen LogP contribution in [0.1, 0.15) is 52.1 Å². The highest BCUT2D eigenvalue weighted by Crippen LogP contribution is 2.56. The molecule has 7 nitrogen and oxygen atoms in total. The summed E-state index contributed by atoms with van der Waals surface area (Å²) < 4.78 is 0. The molecule has 0 bridgehead atoms. The van der Waals surface area contributed by atoms with Gasteiger partial charge in [0.1, 0.15) is 5.82 Å². The first kappa shape index (κ1) is 19.1. The van der Waals surface area contributed by atoms with E-state index < -0.39 is 10.8 Å². The highest BCUT2D eigenvalue weighted by Gasteiger charge is 2.57. The average molecular weight is 348 g/mol.